The van der Waals surface area contributed by atoms with E-state index in [0.29, 0.717) is 25.5 Å². The topological polar surface area (TPSA) is 85.4 Å². The fourth-order valence-corrected chi connectivity index (χ4v) is 7.99. The van der Waals surface area contributed by atoms with Crippen LogP contribution in [0.2, 0.25) is 0 Å². The molecule has 0 fully saturated rings. The molecule has 0 aromatic carbocycles. The Morgan fingerprint density at radius 1 is 0.509 bits per heavy atom. The van der Waals surface area contributed by atoms with Gasteiger partial charge in [-0.15, -0.1) is 0 Å². The van der Waals surface area contributed by atoms with Crippen LogP contribution in [-0.4, -0.2) is 98.3 Å². The van der Waals surface area contributed by atoms with Crippen molar-refractivity contribution in [3.8, 4) is 0 Å². The summed E-state index contributed by atoms with van der Waals surface area (Å²) >= 11 is 1.82. The second-order valence-electron chi connectivity index (χ2n) is 16.0. The van der Waals surface area contributed by atoms with Crippen molar-refractivity contribution in [2.24, 2.45) is 17.8 Å². The molecule has 55 heavy (non-hydrogen) atoms. The van der Waals surface area contributed by atoms with Gasteiger partial charge >= 0.3 is 17.9 Å². The molecule has 326 valence electrons. The molecule has 2 unspecified atom stereocenters. The number of nitrogens with zero attached hydrogens (tertiary/aromatic N) is 2. The first kappa shape index (κ1) is 53.7. The molecule has 0 radical (unpaired) electrons. The van der Waals surface area contributed by atoms with E-state index in [0.717, 1.165) is 76.3 Å². The zero-order valence-corrected chi connectivity index (χ0v) is 38.1. The molecule has 0 rings (SSSR count). The highest BCUT2D eigenvalue weighted by Crippen LogP contribution is 2.20. The van der Waals surface area contributed by atoms with Gasteiger partial charge in [0, 0.05) is 12.3 Å². The van der Waals surface area contributed by atoms with Crippen LogP contribution in [0, 0.1) is 17.8 Å². The van der Waals surface area contributed by atoms with Crippen molar-refractivity contribution in [2.75, 3.05) is 70.6 Å². The van der Waals surface area contributed by atoms with E-state index in [1.165, 1.54) is 103 Å². The molecule has 9 heteroatoms. The van der Waals surface area contributed by atoms with E-state index in [9.17, 15) is 14.4 Å². The van der Waals surface area contributed by atoms with Crippen LogP contribution in [0.5, 0.6) is 0 Å². The van der Waals surface area contributed by atoms with Gasteiger partial charge in [0.2, 0.25) is 0 Å². The predicted octanol–water partition coefficient (Wildman–Crippen LogP) is 11.5. The minimum absolute atomic E-state index is 0.0115. The molecule has 0 aliphatic carbocycles. The van der Waals surface area contributed by atoms with Crippen LogP contribution in [0.3, 0.4) is 0 Å². The summed E-state index contributed by atoms with van der Waals surface area (Å²) in [5, 5.41) is 0. The molecule has 0 aromatic rings. The van der Waals surface area contributed by atoms with Crippen molar-refractivity contribution in [2.45, 2.75) is 190 Å². The average molecular weight is 799 g/mol. The first-order valence-corrected chi connectivity index (χ1v) is 24.4. The first-order valence-electron chi connectivity index (χ1n) is 23.2. The molecular formula is C46H90N2O6S. The third-order valence-corrected chi connectivity index (χ3v) is 12.2. The zero-order valence-electron chi connectivity index (χ0n) is 37.3. The highest BCUT2D eigenvalue weighted by molar-refractivity contribution is 7.99. The highest BCUT2D eigenvalue weighted by atomic mass is 32.2. The number of ether oxygens (including phenoxy) is 3. The molecule has 8 nitrogen and oxygen atoms in total. The van der Waals surface area contributed by atoms with Gasteiger partial charge in [-0.05, 0) is 82.9 Å². The van der Waals surface area contributed by atoms with E-state index in [1.807, 2.05) is 25.6 Å². The Hall–Kier alpha value is -1.32. The first-order chi connectivity index (χ1) is 26.7. The summed E-state index contributed by atoms with van der Waals surface area (Å²) in [6, 6.07) is 0. The Kier molecular flexibility index (Phi) is 38.6. The van der Waals surface area contributed by atoms with Crippen molar-refractivity contribution in [1.29, 1.82) is 0 Å². The zero-order chi connectivity index (χ0) is 40.8. The van der Waals surface area contributed by atoms with Gasteiger partial charge in [-0.25, -0.2) is 0 Å². The quantitative estimate of drug-likeness (QED) is 0.0341. The van der Waals surface area contributed by atoms with Crippen LogP contribution in [0.1, 0.15) is 190 Å². The van der Waals surface area contributed by atoms with Gasteiger partial charge < -0.3 is 24.0 Å². The van der Waals surface area contributed by atoms with Gasteiger partial charge in [0.15, 0.2) is 0 Å². The Labute approximate surface area is 345 Å². The fourth-order valence-electron chi connectivity index (χ4n) is 6.92. The van der Waals surface area contributed by atoms with Crippen molar-refractivity contribution in [3.63, 3.8) is 0 Å². The van der Waals surface area contributed by atoms with Crippen LogP contribution < -0.4 is 0 Å². The molecule has 0 aliphatic rings. The van der Waals surface area contributed by atoms with Crippen LogP contribution in [0.15, 0.2) is 0 Å². The van der Waals surface area contributed by atoms with E-state index in [2.05, 4.69) is 44.4 Å². The largest absolute Gasteiger partial charge is 0.465 e. The maximum atomic E-state index is 12.7. The van der Waals surface area contributed by atoms with E-state index in [1.54, 1.807) is 0 Å². The summed E-state index contributed by atoms with van der Waals surface area (Å²) in [7, 11) is 0. The van der Waals surface area contributed by atoms with Crippen molar-refractivity contribution >= 4 is 29.7 Å². The maximum absolute atomic E-state index is 12.7. The average Bonchev–Trinajstić information content (AvgIpc) is 3.18. The van der Waals surface area contributed by atoms with Gasteiger partial charge in [-0.3, -0.25) is 14.4 Å². The summed E-state index contributed by atoms with van der Waals surface area (Å²) < 4.78 is 16.6. The summed E-state index contributed by atoms with van der Waals surface area (Å²) in [5.41, 5.74) is 0. The molecule has 0 heterocycles. The van der Waals surface area contributed by atoms with Gasteiger partial charge in [-0.2, -0.15) is 11.8 Å². The highest BCUT2D eigenvalue weighted by Gasteiger charge is 2.18. The van der Waals surface area contributed by atoms with Gasteiger partial charge in [0.05, 0.1) is 24.9 Å². The molecule has 0 aliphatic heterocycles. The minimum Gasteiger partial charge on any atom is -0.465 e. The molecule has 0 aromatic heterocycles. The lowest BCUT2D eigenvalue weighted by molar-refractivity contribution is -0.154. The lowest BCUT2D eigenvalue weighted by atomic mass is 9.95. The number of hydrogen-bond donors (Lipinski definition) is 0. The van der Waals surface area contributed by atoms with E-state index < -0.39 is 0 Å². The normalized spacial score (nSPS) is 12.8. The number of thioether (sulfide) groups is 1. The number of unbranched alkanes of at least 4 members (excludes halogenated alkanes) is 13. The molecule has 0 N–H and O–H groups in total. The maximum Gasteiger partial charge on any atom is 0.309 e. The molecular weight excluding hydrogens is 709 g/mol. The minimum atomic E-state index is -0.228. The number of hydrogen-bond acceptors (Lipinski definition) is 9. The van der Waals surface area contributed by atoms with Crippen LogP contribution in [0.25, 0.3) is 0 Å². The summed E-state index contributed by atoms with van der Waals surface area (Å²) in [5.74, 6) is 1.75. The fraction of sp³-hybridized carbons (Fsp3) is 0.935. The molecule has 0 saturated carbocycles. The smallest absolute Gasteiger partial charge is 0.309 e. The van der Waals surface area contributed by atoms with Crippen molar-refractivity contribution in [1.82, 2.24) is 9.80 Å². The van der Waals surface area contributed by atoms with Crippen LogP contribution in [-0.2, 0) is 28.6 Å². The lowest BCUT2D eigenvalue weighted by Crippen LogP contribution is -2.32. The standard InChI is InChI=1S/C46H90N2O6S/c1-8-13-16-21-26-38-55-40-42(7)46(51)53-37-36-52-44(49)31-35-48(34-27-33-47(11-4)12-5)32-25-20-18-17-19-24-28-41(6)45(50)54-39-43(29-22-14-9-2)30-23-15-10-3/h41-43H,8-40H2,1-7H3. The Morgan fingerprint density at radius 3 is 1.67 bits per heavy atom. The van der Waals surface area contributed by atoms with Gasteiger partial charge in [0.1, 0.15) is 13.2 Å². The molecule has 0 amide bonds. The molecule has 0 saturated heterocycles. The molecule has 0 spiro atoms. The monoisotopic (exact) mass is 799 g/mol. The summed E-state index contributed by atoms with van der Waals surface area (Å²) in [6.07, 6.45) is 25.4. The Morgan fingerprint density at radius 2 is 1.02 bits per heavy atom. The molecule has 0 bridgehead atoms. The summed E-state index contributed by atoms with van der Waals surface area (Å²) in [4.78, 5) is 42.5. The Bertz CT molecular complexity index is 878. The third-order valence-electron chi connectivity index (χ3n) is 10.9. The Balaban J connectivity index is 4.36. The molecule has 2 atom stereocenters. The van der Waals surface area contributed by atoms with E-state index in [4.69, 9.17) is 14.2 Å². The van der Waals surface area contributed by atoms with Crippen LogP contribution >= 0.6 is 11.8 Å². The number of esters is 3. The number of carbonyl (C=O) groups excluding carboxylic acids is 3. The third kappa shape index (κ3) is 33.4. The summed E-state index contributed by atoms with van der Waals surface area (Å²) in [6.45, 7) is 21.7. The lowest BCUT2D eigenvalue weighted by Gasteiger charge is -2.24. The second-order valence-corrected chi connectivity index (χ2v) is 17.2. The van der Waals surface area contributed by atoms with Crippen molar-refractivity contribution < 1.29 is 28.6 Å². The van der Waals surface area contributed by atoms with Gasteiger partial charge in [0.25, 0.3) is 0 Å². The van der Waals surface area contributed by atoms with Crippen LogP contribution in [0.4, 0.5) is 0 Å². The number of carbonyl (C=O) groups is 3. The van der Waals surface area contributed by atoms with Crippen molar-refractivity contribution in [3.05, 3.63) is 0 Å². The van der Waals surface area contributed by atoms with E-state index >= 15 is 0 Å². The SMILES string of the molecule is CCCCCCCSCC(C)C(=O)OCCOC(=O)CCN(CCCCCCCCC(C)C(=O)OCC(CCCCC)CCCCC)CCCN(CC)CC. The predicted molar refractivity (Wildman–Crippen MR) is 235 cm³/mol. The van der Waals surface area contributed by atoms with Gasteiger partial charge in [-0.1, -0.05) is 145 Å². The number of rotatable bonds is 41. The second kappa shape index (κ2) is 39.5. The van der Waals surface area contributed by atoms with E-state index in [-0.39, 0.29) is 43.0 Å².